The number of aromatic nitrogens is 2. The molecule has 3 fully saturated rings. The first kappa shape index (κ1) is 19.3. The van der Waals surface area contributed by atoms with Gasteiger partial charge >= 0.3 is 124 Å². The van der Waals surface area contributed by atoms with Gasteiger partial charge in [0.1, 0.15) is 0 Å². The second-order valence-corrected chi connectivity index (χ2v) is 7.83. The van der Waals surface area contributed by atoms with E-state index >= 15 is 0 Å². The van der Waals surface area contributed by atoms with Gasteiger partial charge in [0.15, 0.2) is 0 Å². The Morgan fingerprint density at radius 1 is 1.38 bits per heavy atom. The van der Waals surface area contributed by atoms with E-state index in [1.54, 1.807) is 0 Å². The summed E-state index contributed by atoms with van der Waals surface area (Å²) < 4.78 is 2.17. The van der Waals surface area contributed by atoms with Crippen LogP contribution in [-0.2, 0) is 29.6 Å². The van der Waals surface area contributed by atoms with E-state index in [1.165, 1.54) is 6.42 Å². The van der Waals surface area contributed by atoms with Crippen LogP contribution in [0.1, 0.15) is 39.4 Å². The summed E-state index contributed by atoms with van der Waals surface area (Å²) in [6.45, 7) is 7.94. The first-order valence-corrected chi connectivity index (χ1v) is 7.67. The van der Waals surface area contributed by atoms with Gasteiger partial charge in [0, 0.05) is 0 Å². The van der Waals surface area contributed by atoms with Crippen molar-refractivity contribution >= 4 is 0 Å². The predicted octanol–water partition coefficient (Wildman–Crippen LogP) is -3.32. The number of fused-ring (bicyclic) bond motifs is 2. The van der Waals surface area contributed by atoms with Crippen LogP contribution >= 0.6 is 0 Å². The van der Waals surface area contributed by atoms with Crippen molar-refractivity contribution in [2.45, 2.75) is 50.5 Å². The van der Waals surface area contributed by atoms with Crippen molar-refractivity contribution in [3.8, 4) is 0 Å². The summed E-state index contributed by atoms with van der Waals surface area (Å²) >= 11 is 6.08. The van der Waals surface area contributed by atoms with E-state index in [2.05, 4.69) is 35.6 Å². The van der Waals surface area contributed by atoms with Gasteiger partial charge in [-0.1, -0.05) is 0 Å². The average Bonchev–Trinajstić information content (AvgIpc) is 2.75. The molecule has 2 bridgehead atoms. The first-order valence-electron chi connectivity index (χ1n) is 7.20. The van der Waals surface area contributed by atoms with Gasteiger partial charge in [0.2, 0.25) is 0 Å². The number of nitrogens with one attached hydrogen (secondary N) is 1. The van der Waals surface area contributed by atoms with Crippen LogP contribution in [0.15, 0.2) is 12.4 Å². The number of imidazole rings is 1. The van der Waals surface area contributed by atoms with Crippen molar-refractivity contribution in [3.63, 3.8) is 0 Å². The Hall–Kier alpha value is 0.269. The Morgan fingerprint density at radius 3 is 2.57 bits per heavy atom. The van der Waals surface area contributed by atoms with Gasteiger partial charge in [-0.3, -0.25) is 0 Å². The molecule has 0 radical (unpaired) electrons. The van der Waals surface area contributed by atoms with E-state index in [4.69, 9.17) is 16.0 Å². The van der Waals surface area contributed by atoms with Gasteiger partial charge in [-0.15, -0.1) is 0 Å². The van der Waals surface area contributed by atoms with Crippen molar-refractivity contribution in [1.29, 1.82) is 0 Å². The molecule has 3 aliphatic carbocycles. The van der Waals surface area contributed by atoms with E-state index in [9.17, 15) is 0 Å². The average molecular weight is 381 g/mol. The fourth-order valence-electron chi connectivity index (χ4n) is 4.07. The number of aryl methyl sites for hydroxylation is 1. The molecule has 124 valence electrons. The van der Waals surface area contributed by atoms with Gasteiger partial charge < -0.3 is 24.8 Å². The van der Waals surface area contributed by atoms with Crippen LogP contribution in [0.5, 0.6) is 0 Å². The molecule has 21 heavy (non-hydrogen) atoms. The third-order valence-electron chi connectivity index (χ3n) is 5.80. The minimum atomic E-state index is 0. The molecule has 3 saturated carbocycles. The topological polar surface area (TPSA) is 29.9 Å². The summed E-state index contributed by atoms with van der Waals surface area (Å²) in [6.07, 6.45) is 6.19. The van der Waals surface area contributed by atoms with Crippen molar-refractivity contribution in [1.82, 2.24) is 14.9 Å². The summed E-state index contributed by atoms with van der Waals surface area (Å²) in [5, 5.41) is 3.69. The molecule has 0 spiro atoms. The van der Waals surface area contributed by atoms with Crippen LogP contribution in [0, 0.1) is 17.3 Å². The molecule has 0 amide bonds. The smallest absolute Gasteiger partial charge is 1.00 e. The number of halogens is 2. The molecule has 3 nitrogen and oxygen atoms in total. The standard InChI is InChI=1S/C15H24N3.2ClH.Cu/c1-10-12-7-11(15(12,2)3)8-13(10)17-9-14-16-5-6-18(14)4;;;/h5-6,10,12-13,17H,7-9H2,1-4H3;2*1H;/q;;;+2/p-2/t10-,12-,13-;;;/m0.../s1. The van der Waals surface area contributed by atoms with Crippen LogP contribution in [0.3, 0.4) is 0 Å². The maximum absolute atomic E-state index is 6.08. The summed E-state index contributed by atoms with van der Waals surface area (Å²) in [5.74, 6) is 2.57. The number of hydrogen-bond donors (Lipinski definition) is 1. The Morgan fingerprint density at radius 2 is 2.05 bits per heavy atom. The minimum absolute atomic E-state index is 0. The number of nitrogens with zero attached hydrogens (tertiary/aromatic N) is 2. The first-order chi connectivity index (χ1) is 8.85. The molecule has 1 aromatic rings. The number of hydrogen-bond acceptors (Lipinski definition) is 2. The van der Waals surface area contributed by atoms with E-state index in [0.29, 0.717) is 17.4 Å². The third-order valence-corrected chi connectivity index (χ3v) is 6.79. The van der Waals surface area contributed by atoms with E-state index in [1.807, 2.05) is 19.4 Å². The SMILES string of the molecule is C[C@@H]1[C@@H](NCc2nccn2C)C[C]2([Cu+2])C[C@@H]1C2(C)C.[Cl-].[Cl-]. The molecule has 1 aromatic heterocycles. The van der Waals surface area contributed by atoms with E-state index in [-0.39, 0.29) is 29.1 Å². The van der Waals surface area contributed by atoms with Crippen LogP contribution in [0.4, 0.5) is 0 Å². The van der Waals surface area contributed by atoms with Gasteiger partial charge in [0.05, 0.1) is 0 Å². The fourth-order valence-corrected chi connectivity index (χ4v) is 4.66. The molecule has 3 aliphatic rings. The monoisotopic (exact) mass is 379 g/mol. The Bertz CT molecular complexity index is 491. The molecular weight excluding hydrogens is 357 g/mol. The van der Waals surface area contributed by atoms with Crippen molar-refractivity contribution in [2.75, 3.05) is 0 Å². The van der Waals surface area contributed by atoms with Crippen LogP contribution in [0.25, 0.3) is 0 Å². The zero-order chi connectivity index (χ0) is 13.8. The van der Waals surface area contributed by atoms with Gasteiger partial charge in [0.25, 0.3) is 0 Å². The molecule has 4 rings (SSSR count). The normalized spacial score (nSPS) is 36.2. The van der Waals surface area contributed by atoms with Crippen LogP contribution in [-0.4, -0.2) is 15.6 Å². The van der Waals surface area contributed by atoms with Crippen molar-refractivity contribution < 1.29 is 40.8 Å². The minimum Gasteiger partial charge on any atom is -1.00 e. The molecule has 1 heterocycles. The molecule has 1 unspecified atom stereocenters. The quantitative estimate of drug-likeness (QED) is 0.556. The maximum atomic E-state index is 6.08. The second-order valence-electron chi connectivity index (χ2n) is 6.93. The molecule has 6 heteroatoms. The summed E-state index contributed by atoms with van der Waals surface area (Å²) in [4.78, 5) is 4.37. The summed E-state index contributed by atoms with van der Waals surface area (Å²) in [5.41, 5.74) is 0.327. The fraction of sp³-hybridized carbons (Fsp3) is 0.800. The van der Waals surface area contributed by atoms with Crippen molar-refractivity contribution in [3.05, 3.63) is 18.2 Å². The zero-order valence-electron chi connectivity index (χ0n) is 13.0. The van der Waals surface area contributed by atoms with E-state index in [0.717, 1.165) is 24.7 Å². The Balaban J connectivity index is 0.00000110. The molecule has 0 aliphatic heterocycles. The van der Waals surface area contributed by atoms with Crippen LogP contribution in [0.2, 0.25) is 4.31 Å². The summed E-state index contributed by atoms with van der Waals surface area (Å²) in [7, 11) is 2.04. The van der Waals surface area contributed by atoms with Gasteiger partial charge in [-0.05, 0) is 0 Å². The van der Waals surface area contributed by atoms with Gasteiger partial charge in [-0.2, -0.15) is 0 Å². The molecular formula is C15H24Cl2CuN3. The Kier molecular flexibility index (Phi) is 5.89. The third kappa shape index (κ3) is 2.90. The van der Waals surface area contributed by atoms with Crippen molar-refractivity contribution in [2.24, 2.45) is 24.3 Å². The molecule has 4 atom stereocenters. The largest absolute Gasteiger partial charge is 1.00 e. The Labute approximate surface area is 148 Å². The summed E-state index contributed by atoms with van der Waals surface area (Å²) in [6, 6.07) is 0.537. The van der Waals surface area contributed by atoms with E-state index < -0.39 is 0 Å². The van der Waals surface area contributed by atoms with Gasteiger partial charge in [-0.25, -0.2) is 0 Å². The molecule has 0 aromatic carbocycles. The second kappa shape index (κ2) is 6.41. The maximum Gasteiger partial charge on any atom is -1.00 e. The predicted molar refractivity (Wildman–Crippen MR) is 72.2 cm³/mol. The zero-order valence-corrected chi connectivity index (χ0v) is 15.4. The molecule has 0 saturated heterocycles. The number of rotatable bonds is 3. The molecule has 1 N–H and O–H groups in total. The van der Waals surface area contributed by atoms with Crippen LogP contribution < -0.4 is 30.1 Å².